The van der Waals surface area contributed by atoms with Gasteiger partial charge in [-0.2, -0.15) is 0 Å². The molecule has 0 unspecified atom stereocenters. The zero-order chi connectivity index (χ0) is 9.15. The van der Waals surface area contributed by atoms with Crippen LogP contribution in [0.4, 0.5) is 0 Å². The van der Waals surface area contributed by atoms with Gasteiger partial charge in [-0.3, -0.25) is 0 Å². The molecule has 0 saturated carbocycles. The molecule has 0 atom stereocenters. The van der Waals surface area contributed by atoms with E-state index in [0.29, 0.717) is 0 Å². The van der Waals surface area contributed by atoms with Gasteiger partial charge in [0.2, 0.25) is 0 Å². The highest BCUT2D eigenvalue weighted by Crippen LogP contribution is 2.39. The minimum atomic E-state index is 0. The molecule has 0 aromatic carbocycles. The molecule has 2 heterocycles. The monoisotopic (exact) mass is 254 g/mol. The SMILES string of the molecule is CN1CCC2(CCCNCC2)CC1.Cl.Cl. The van der Waals surface area contributed by atoms with Crippen molar-refractivity contribution in [1.29, 1.82) is 0 Å². The summed E-state index contributed by atoms with van der Waals surface area (Å²) in [5.41, 5.74) is 0.718. The van der Waals surface area contributed by atoms with Crippen LogP contribution in [-0.2, 0) is 0 Å². The van der Waals surface area contributed by atoms with Crippen molar-refractivity contribution in [2.75, 3.05) is 33.2 Å². The Hall–Kier alpha value is 0.500. The second-order valence-corrected chi connectivity index (χ2v) is 4.91. The lowest BCUT2D eigenvalue weighted by molar-refractivity contribution is 0.108. The standard InChI is InChI=1S/C11H22N2.2ClH/c1-13-9-5-11(6-10-13)3-2-7-12-8-4-11;;/h12H,2-10H2,1H3;2*1H. The molecule has 2 fully saturated rings. The molecular weight excluding hydrogens is 231 g/mol. The van der Waals surface area contributed by atoms with E-state index in [-0.39, 0.29) is 24.8 Å². The zero-order valence-corrected chi connectivity index (χ0v) is 11.3. The molecule has 2 aliphatic rings. The average molecular weight is 255 g/mol. The Kier molecular flexibility index (Phi) is 7.18. The van der Waals surface area contributed by atoms with Crippen molar-refractivity contribution in [2.24, 2.45) is 5.41 Å². The third kappa shape index (κ3) is 4.10. The summed E-state index contributed by atoms with van der Waals surface area (Å²) in [5, 5.41) is 3.52. The van der Waals surface area contributed by atoms with Crippen molar-refractivity contribution in [3.05, 3.63) is 0 Å². The molecule has 2 saturated heterocycles. The third-order valence-corrected chi connectivity index (χ3v) is 3.94. The van der Waals surface area contributed by atoms with E-state index in [1.54, 1.807) is 0 Å². The van der Waals surface area contributed by atoms with E-state index in [1.165, 1.54) is 58.3 Å². The number of hydrogen-bond acceptors (Lipinski definition) is 2. The largest absolute Gasteiger partial charge is 0.317 e. The maximum absolute atomic E-state index is 3.52. The lowest BCUT2D eigenvalue weighted by Gasteiger charge is -2.40. The average Bonchev–Trinajstić information content (AvgIpc) is 2.37. The molecule has 2 nitrogen and oxygen atoms in total. The van der Waals surface area contributed by atoms with Gasteiger partial charge < -0.3 is 10.2 Å². The molecule has 0 amide bonds. The summed E-state index contributed by atoms with van der Waals surface area (Å²) in [6.07, 6.45) is 7.15. The number of likely N-dealkylation sites (tertiary alicyclic amines) is 1. The van der Waals surface area contributed by atoms with Gasteiger partial charge in [0.15, 0.2) is 0 Å². The van der Waals surface area contributed by atoms with Gasteiger partial charge in [0.05, 0.1) is 0 Å². The first kappa shape index (κ1) is 15.5. The van der Waals surface area contributed by atoms with Gasteiger partial charge in [-0.25, -0.2) is 0 Å². The fraction of sp³-hybridized carbons (Fsp3) is 1.00. The van der Waals surface area contributed by atoms with Gasteiger partial charge in [-0.15, -0.1) is 24.8 Å². The highest BCUT2D eigenvalue weighted by Gasteiger charge is 2.33. The van der Waals surface area contributed by atoms with Gasteiger partial charge in [-0.05, 0) is 70.7 Å². The van der Waals surface area contributed by atoms with E-state index in [4.69, 9.17) is 0 Å². The molecule has 92 valence electrons. The second-order valence-electron chi connectivity index (χ2n) is 4.91. The molecule has 0 radical (unpaired) electrons. The second kappa shape index (κ2) is 6.95. The molecule has 0 aliphatic carbocycles. The van der Waals surface area contributed by atoms with E-state index in [1.807, 2.05) is 0 Å². The molecule has 0 aromatic heterocycles. The van der Waals surface area contributed by atoms with Crippen molar-refractivity contribution in [3.63, 3.8) is 0 Å². The minimum Gasteiger partial charge on any atom is -0.317 e. The Bertz CT molecular complexity index is 158. The Balaban J connectivity index is 0.000000980. The number of rotatable bonds is 0. The van der Waals surface area contributed by atoms with Gasteiger partial charge in [0.1, 0.15) is 0 Å². The highest BCUT2D eigenvalue weighted by atomic mass is 35.5. The fourth-order valence-electron chi connectivity index (χ4n) is 2.78. The van der Waals surface area contributed by atoms with E-state index < -0.39 is 0 Å². The number of piperidine rings is 1. The summed E-state index contributed by atoms with van der Waals surface area (Å²) >= 11 is 0. The normalized spacial score (nSPS) is 26.2. The number of hydrogen-bond donors (Lipinski definition) is 1. The van der Waals surface area contributed by atoms with Gasteiger partial charge >= 0.3 is 0 Å². The molecular formula is C11H24Cl2N2. The maximum Gasteiger partial charge on any atom is -0.00165 e. The first-order chi connectivity index (χ1) is 6.31. The Morgan fingerprint density at radius 1 is 0.933 bits per heavy atom. The summed E-state index contributed by atoms with van der Waals surface area (Å²) in [6, 6.07) is 0. The Labute approximate surface area is 106 Å². The molecule has 1 spiro atoms. The lowest BCUT2D eigenvalue weighted by Crippen LogP contribution is -2.38. The van der Waals surface area contributed by atoms with Gasteiger partial charge in [0, 0.05) is 0 Å². The number of nitrogens with zero attached hydrogens (tertiary/aromatic N) is 1. The quantitative estimate of drug-likeness (QED) is 0.714. The van der Waals surface area contributed by atoms with Crippen LogP contribution in [0.15, 0.2) is 0 Å². The molecule has 1 N–H and O–H groups in total. The van der Waals surface area contributed by atoms with E-state index in [2.05, 4.69) is 17.3 Å². The van der Waals surface area contributed by atoms with Crippen LogP contribution < -0.4 is 5.32 Å². The molecule has 0 aromatic rings. The zero-order valence-electron chi connectivity index (χ0n) is 9.63. The topological polar surface area (TPSA) is 15.3 Å². The molecule has 4 heteroatoms. The van der Waals surface area contributed by atoms with Crippen molar-refractivity contribution >= 4 is 24.8 Å². The fourth-order valence-corrected chi connectivity index (χ4v) is 2.78. The molecule has 15 heavy (non-hydrogen) atoms. The summed E-state index contributed by atoms with van der Waals surface area (Å²) < 4.78 is 0. The van der Waals surface area contributed by atoms with Crippen molar-refractivity contribution < 1.29 is 0 Å². The van der Waals surface area contributed by atoms with Crippen molar-refractivity contribution in [1.82, 2.24) is 10.2 Å². The summed E-state index contributed by atoms with van der Waals surface area (Å²) in [6.45, 7) is 5.14. The van der Waals surface area contributed by atoms with Crippen LogP contribution in [0.1, 0.15) is 32.1 Å². The lowest BCUT2D eigenvalue weighted by atomic mass is 9.73. The number of halogens is 2. The smallest absolute Gasteiger partial charge is 0.00165 e. The first-order valence-corrected chi connectivity index (χ1v) is 5.70. The van der Waals surface area contributed by atoms with Crippen LogP contribution >= 0.6 is 24.8 Å². The molecule has 0 bridgehead atoms. The summed E-state index contributed by atoms with van der Waals surface area (Å²) in [4.78, 5) is 2.48. The van der Waals surface area contributed by atoms with Gasteiger partial charge in [-0.1, -0.05) is 0 Å². The predicted molar refractivity (Wildman–Crippen MR) is 70.4 cm³/mol. The van der Waals surface area contributed by atoms with Gasteiger partial charge in [0.25, 0.3) is 0 Å². The number of nitrogens with one attached hydrogen (secondary N) is 1. The van der Waals surface area contributed by atoms with E-state index >= 15 is 0 Å². The van der Waals surface area contributed by atoms with Crippen LogP contribution in [0.25, 0.3) is 0 Å². The Morgan fingerprint density at radius 2 is 1.60 bits per heavy atom. The maximum atomic E-state index is 3.52. The summed E-state index contributed by atoms with van der Waals surface area (Å²) in [5.74, 6) is 0. The van der Waals surface area contributed by atoms with Crippen LogP contribution in [0, 0.1) is 5.41 Å². The molecule has 2 aliphatic heterocycles. The minimum absolute atomic E-state index is 0. The van der Waals surface area contributed by atoms with E-state index in [9.17, 15) is 0 Å². The first-order valence-electron chi connectivity index (χ1n) is 5.70. The van der Waals surface area contributed by atoms with Crippen LogP contribution in [0.2, 0.25) is 0 Å². The van der Waals surface area contributed by atoms with Crippen molar-refractivity contribution in [3.8, 4) is 0 Å². The molecule has 2 rings (SSSR count). The van der Waals surface area contributed by atoms with Crippen LogP contribution in [-0.4, -0.2) is 38.1 Å². The van der Waals surface area contributed by atoms with E-state index in [0.717, 1.165) is 5.41 Å². The highest BCUT2D eigenvalue weighted by molar-refractivity contribution is 5.85. The summed E-state index contributed by atoms with van der Waals surface area (Å²) in [7, 11) is 2.25. The Morgan fingerprint density at radius 3 is 2.27 bits per heavy atom. The van der Waals surface area contributed by atoms with Crippen LogP contribution in [0.5, 0.6) is 0 Å². The predicted octanol–water partition coefficient (Wildman–Crippen LogP) is 2.32. The third-order valence-electron chi connectivity index (χ3n) is 3.94. The van der Waals surface area contributed by atoms with Crippen molar-refractivity contribution in [2.45, 2.75) is 32.1 Å². The van der Waals surface area contributed by atoms with Crippen LogP contribution in [0.3, 0.4) is 0 Å².